The summed E-state index contributed by atoms with van der Waals surface area (Å²) in [6, 6.07) is 0. The van der Waals surface area contributed by atoms with Crippen LogP contribution in [0.2, 0.25) is 0 Å². The summed E-state index contributed by atoms with van der Waals surface area (Å²) in [6.07, 6.45) is 1.13. The molecule has 2 rings (SSSR count). The summed E-state index contributed by atoms with van der Waals surface area (Å²) >= 11 is 0. The van der Waals surface area contributed by atoms with Crippen LogP contribution in [-0.4, -0.2) is 59.5 Å². The molecule has 0 bridgehead atoms. The highest BCUT2D eigenvalue weighted by Gasteiger charge is 2.66. The molecular weight excluding hydrogens is 244 g/mol. The van der Waals surface area contributed by atoms with Gasteiger partial charge in [-0.25, -0.2) is 0 Å². The van der Waals surface area contributed by atoms with E-state index in [9.17, 15) is 9.59 Å². The number of amides is 1. The molecule has 0 spiro atoms. The van der Waals surface area contributed by atoms with E-state index in [1.165, 1.54) is 0 Å². The van der Waals surface area contributed by atoms with Crippen molar-refractivity contribution in [3.05, 3.63) is 0 Å². The van der Waals surface area contributed by atoms with E-state index in [-0.39, 0.29) is 17.2 Å². The van der Waals surface area contributed by atoms with E-state index in [0.717, 1.165) is 39.1 Å². The van der Waals surface area contributed by atoms with Crippen LogP contribution in [0.4, 0.5) is 0 Å². The largest absolute Gasteiger partial charge is 0.481 e. The van der Waals surface area contributed by atoms with Gasteiger partial charge in [-0.3, -0.25) is 14.5 Å². The van der Waals surface area contributed by atoms with E-state index in [0.29, 0.717) is 0 Å². The molecule has 5 heteroatoms. The summed E-state index contributed by atoms with van der Waals surface area (Å²) < 4.78 is 0. The Kier molecular flexibility index (Phi) is 3.85. The van der Waals surface area contributed by atoms with Crippen LogP contribution in [0, 0.1) is 17.3 Å². The molecule has 0 aromatic rings. The normalized spacial score (nSPS) is 30.2. The molecule has 1 N–H and O–H groups in total. The lowest BCUT2D eigenvalue weighted by Crippen LogP contribution is -2.49. The van der Waals surface area contributed by atoms with Crippen LogP contribution in [0.25, 0.3) is 0 Å². The molecular formula is C14H24N2O3. The molecule has 0 unspecified atom stereocenters. The summed E-state index contributed by atoms with van der Waals surface area (Å²) in [5, 5.41) is 9.14. The maximum atomic E-state index is 12.4. The lowest BCUT2D eigenvalue weighted by molar-refractivity contribution is -0.142. The maximum Gasteiger partial charge on any atom is 0.307 e. The summed E-state index contributed by atoms with van der Waals surface area (Å²) in [4.78, 5) is 27.7. The summed E-state index contributed by atoms with van der Waals surface area (Å²) in [5.74, 6) is -1.64. The minimum Gasteiger partial charge on any atom is -0.481 e. The molecule has 2 atom stereocenters. The monoisotopic (exact) mass is 268 g/mol. The van der Waals surface area contributed by atoms with E-state index in [2.05, 4.69) is 11.8 Å². The number of carboxylic acid groups (broad SMARTS) is 1. The molecule has 19 heavy (non-hydrogen) atoms. The van der Waals surface area contributed by atoms with Gasteiger partial charge in [-0.15, -0.1) is 0 Å². The van der Waals surface area contributed by atoms with Gasteiger partial charge in [0.2, 0.25) is 5.91 Å². The van der Waals surface area contributed by atoms with Crippen LogP contribution in [0.1, 0.15) is 27.2 Å². The third-order valence-electron chi connectivity index (χ3n) is 4.58. The first-order valence-electron chi connectivity index (χ1n) is 7.13. The maximum absolute atomic E-state index is 12.4. The Hall–Kier alpha value is -1.10. The SMILES string of the molecule is CCCN1CCN(C(=O)[C@H]2[C@@H](C(=O)O)C2(C)C)CC1. The highest BCUT2D eigenvalue weighted by molar-refractivity contribution is 5.91. The number of carbonyl (C=O) groups is 2. The molecule has 0 aromatic carbocycles. The van der Waals surface area contributed by atoms with Crippen LogP contribution in [0.15, 0.2) is 0 Å². The van der Waals surface area contributed by atoms with Gasteiger partial charge in [0, 0.05) is 26.2 Å². The zero-order valence-electron chi connectivity index (χ0n) is 12.1. The molecule has 1 amide bonds. The molecule has 0 aromatic heterocycles. The third-order valence-corrected chi connectivity index (χ3v) is 4.58. The third kappa shape index (κ3) is 2.61. The van der Waals surface area contributed by atoms with Crippen molar-refractivity contribution in [2.24, 2.45) is 17.3 Å². The Morgan fingerprint density at radius 2 is 1.74 bits per heavy atom. The van der Waals surface area contributed by atoms with Crippen LogP contribution < -0.4 is 0 Å². The van der Waals surface area contributed by atoms with Crippen LogP contribution in [0.3, 0.4) is 0 Å². The van der Waals surface area contributed by atoms with E-state index in [1.807, 2.05) is 18.7 Å². The van der Waals surface area contributed by atoms with Crippen molar-refractivity contribution < 1.29 is 14.7 Å². The van der Waals surface area contributed by atoms with Crippen molar-refractivity contribution in [1.82, 2.24) is 9.80 Å². The van der Waals surface area contributed by atoms with Gasteiger partial charge in [-0.05, 0) is 18.4 Å². The van der Waals surface area contributed by atoms with Crippen molar-refractivity contribution in [2.75, 3.05) is 32.7 Å². The number of piperazine rings is 1. The lowest BCUT2D eigenvalue weighted by atomic mass is 10.1. The van der Waals surface area contributed by atoms with E-state index in [1.54, 1.807) is 0 Å². The standard InChI is InChI=1S/C14H24N2O3/c1-4-5-15-6-8-16(9-7-15)12(17)10-11(13(18)19)14(10,2)3/h10-11H,4-9H2,1-3H3,(H,18,19)/t10-,11+/m1/s1. The predicted molar refractivity (Wildman–Crippen MR) is 71.7 cm³/mol. The first kappa shape index (κ1) is 14.3. The number of nitrogens with zero attached hydrogens (tertiary/aromatic N) is 2. The fourth-order valence-electron chi connectivity index (χ4n) is 3.26. The molecule has 1 aliphatic heterocycles. The van der Waals surface area contributed by atoms with Gasteiger partial charge in [0.15, 0.2) is 0 Å². The number of hydrogen-bond donors (Lipinski definition) is 1. The molecule has 0 radical (unpaired) electrons. The molecule has 5 nitrogen and oxygen atoms in total. The number of carboxylic acids is 1. The van der Waals surface area contributed by atoms with Gasteiger partial charge in [0.25, 0.3) is 0 Å². The van der Waals surface area contributed by atoms with Crippen molar-refractivity contribution in [2.45, 2.75) is 27.2 Å². The number of rotatable bonds is 4. The fraction of sp³-hybridized carbons (Fsp3) is 0.857. The number of aliphatic carboxylic acids is 1. The topological polar surface area (TPSA) is 60.9 Å². The fourth-order valence-corrected chi connectivity index (χ4v) is 3.26. The zero-order chi connectivity index (χ0) is 14.2. The second-order valence-corrected chi connectivity index (χ2v) is 6.28. The molecule has 2 aliphatic rings. The van der Waals surface area contributed by atoms with Crippen LogP contribution in [0.5, 0.6) is 0 Å². The van der Waals surface area contributed by atoms with E-state index < -0.39 is 11.9 Å². The van der Waals surface area contributed by atoms with E-state index in [4.69, 9.17) is 5.11 Å². The minimum absolute atomic E-state index is 0.0357. The average molecular weight is 268 g/mol. The lowest BCUT2D eigenvalue weighted by Gasteiger charge is -2.35. The predicted octanol–water partition coefficient (Wildman–Crippen LogP) is 0.897. The smallest absolute Gasteiger partial charge is 0.307 e. The van der Waals surface area contributed by atoms with Crippen molar-refractivity contribution in [3.63, 3.8) is 0 Å². The Labute approximate surface area is 114 Å². The van der Waals surface area contributed by atoms with E-state index >= 15 is 0 Å². The van der Waals surface area contributed by atoms with Crippen molar-refractivity contribution in [1.29, 1.82) is 0 Å². The first-order valence-corrected chi connectivity index (χ1v) is 7.13. The molecule has 1 aliphatic carbocycles. The van der Waals surface area contributed by atoms with Gasteiger partial charge >= 0.3 is 5.97 Å². The average Bonchev–Trinajstić information content (AvgIpc) is 2.93. The van der Waals surface area contributed by atoms with Gasteiger partial charge in [-0.1, -0.05) is 20.8 Å². The van der Waals surface area contributed by atoms with Crippen LogP contribution in [-0.2, 0) is 9.59 Å². The van der Waals surface area contributed by atoms with Gasteiger partial charge in [0.1, 0.15) is 0 Å². The summed E-state index contributed by atoms with van der Waals surface area (Å²) in [7, 11) is 0. The number of hydrogen-bond acceptors (Lipinski definition) is 3. The highest BCUT2D eigenvalue weighted by Crippen LogP contribution is 2.59. The van der Waals surface area contributed by atoms with Crippen LogP contribution >= 0.6 is 0 Å². The van der Waals surface area contributed by atoms with Gasteiger partial charge in [0.05, 0.1) is 11.8 Å². The molecule has 108 valence electrons. The molecule has 1 saturated carbocycles. The Bertz CT molecular complexity index is 373. The zero-order valence-corrected chi connectivity index (χ0v) is 12.1. The van der Waals surface area contributed by atoms with Gasteiger partial charge in [-0.2, -0.15) is 0 Å². The second-order valence-electron chi connectivity index (χ2n) is 6.28. The number of carbonyl (C=O) groups excluding carboxylic acids is 1. The first-order chi connectivity index (χ1) is 8.89. The molecule has 1 saturated heterocycles. The van der Waals surface area contributed by atoms with Crippen molar-refractivity contribution >= 4 is 11.9 Å². The van der Waals surface area contributed by atoms with Gasteiger partial charge < -0.3 is 10.0 Å². The van der Waals surface area contributed by atoms with Crippen molar-refractivity contribution in [3.8, 4) is 0 Å². The molecule has 2 fully saturated rings. The Morgan fingerprint density at radius 1 is 1.16 bits per heavy atom. The summed E-state index contributed by atoms with van der Waals surface area (Å²) in [6.45, 7) is 10.3. The second kappa shape index (κ2) is 5.12. The summed E-state index contributed by atoms with van der Waals surface area (Å²) in [5.41, 5.74) is -0.385. The quantitative estimate of drug-likeness (QED) is 0.823. The highest BCUT2D eigenvalue weighted by atomic mass is 16.4. The minimum atomic E-state index is -0.840. The Morgan fingerprint density at radius 3 is 2.16 bits per heavy atom. The molecule has 1 heterocycles. The Balaban J connectivity index is 1.91.